The molecule has 1 aromatic carbocycles. The van der Waals surface area contributed by atoms with Crippen molar-refractivity contribution < 1.29 is 4.79 Å². The van der Waals surface area contributed by atoms with E-state index in [-0.39, 0.29) is 24.4 Å². The molecule has 1 unspecified atom stereocenters. The Labute approximate surface area is 158 Å². The second kappa shape index (κ2) is 7.72. The van der Waals surface area contributed by atoms with E-state index in [0.717, 1.165) is 18.1 Å². The van der Waals surface area contributed by atoms with E-state index >= 15 is 0 Å². The Balaban J connectivity index is 0.00000196. The van der Waals surface area contributed by atoms with Crippen LogP contribution in [-0.4, -0.2) is 49.8 Å². The van der Waals surface area contributed by atoms with Crippen LogP contribution in [0.5, 0.6) is 0 Å². The van der Waals surface area contributed by atoms with E-state index in [9.17, 15) is 4.79 Å². The van der Waals surface area contributed by atoms with Crippen molar-refractivity contribution in [1.82, 2.24) is 29.5 Å². The van der Waals surface area contributed by atoms with Crippen molar-refractivity contribution in [3.63, 3.8) is 0 Å². The van der Waals surface area contributed by atoms with Crippen molar-refractivity contribution >= 4 is 18.3 Å². The number of halogens is 1. The molecule has 3 aromatic rings. The number of para-hydroxylation sites is 1. The van der Waals surface area contributed by atoms with Crippen molar-refractivity contribution in [2.45, 2.75) is 6.04 Å². The summed E-state index contributed by atoms with van der Waals surface area (Å²) in [6.07, 6.45) is 5.48. The monoisotopic (exact) mass is 372 g/mol. The minimum atomic E-state index is -0.0943. The number of carbonyl (C=O) groups excluding carboxylic acids is 1. The average Bonchev–Trinajstić information content (AvgIpc) is 3.31. The molecular formula is C18H21ClN6O. The van der Waals surface area contributed by atoms with Crippen molar-refractivity contribution in [2.75, 3.05) is 19.6 Å². The van der Waals surface area contributed by atoms with Gasteiger partial charge in [-0.15, -0.1) is 12.4 Å². The molecule has 1 N–H and O–H groups in total. The lowest BCUT2D eigenvalue weighted by Gasteiger charge is -2.35. The van der Waals surface area contributed by atoms with Gasteiger partial charge in [0.2, 0.25) is 0 Å². The number of amides is 1. The predicted octanol–water partition coefficient (Wildman–Crippen LogP) is 1.81. The maximum Gasteiger partial charge on any atom is 0.275 e. The number of nitrogens with zero attached hydrogens (tertiary/aromatic N) is 5. The maximum atomic E-state index is 13.0. The van der Waals surface area contributed by atoms with Crippen LogP contribution < -0.4 is 5.32 Å². The van der Waals surface area contributed by atoms with Gasteiger partial charge in [0.05, 0.1) is 5.69 Å². The average molecular weight is 373 g/mol. The maximum absolute atomic E-state index is 13.0. The van der Waals surface area contributed by atoms with Gasteiger partial charge in [-0.25, -0.2) is 9.67 Å². The summed E-state index contributed by atoms with van der Waals surface area (Å²) in [5, 5.41) is 7.82. The number of piperazine rings is 1. The van der Waals surface area contributed by atoms with Crippen LogP contribution in [0.15, 0.2) is 55.0 Å². The zero-order valence-electron chi connectivity index (χ0n) is 14.4. The first-order chi connectivity index (χ1) is 12.2. The first kappa shape index (κ1) is 18.2. The number of nitrogens with one attached hydrogen (secondary N) is 1. The van der Waals surface area contributed by atoms with Crippen LogP contribution in [0.4, 0.5) is 0 Å². The van der Waals surface area contributed by atoms with Crippen LogP contribution in [0.3, 0.4) is 0 Å². The van der Waals surface area contributed by atoms with Gasteiger partial charge in [0, 0.05) is 45.3 Å². The van der Waals surface area contributed by atoms with E-state index in [4.69, 9.17) is 0 Å². The van der Waals surface area contributed by atoms with Crippen molar-refractivity contribution in [3.05, 3.63) is 66.5 Å². The molecule has 7 nitrogen and oxygen atoms in total. The first-order valence-corrected chi connectivity index (χ1v) is 8.34. The molecule has 0 spiro atoms. The first-order valence-electron chi connectivity index (χ1n) is 8.34. The van der Waals surface area contributed by atoms with E-state index in [0.29, 0.717) is 18.8 Å². The van der Waals surface area contributed by atoms with Gasteiger partial charge in [-0.2, -0.15) is 5.10 Å². The fourth-order valence-corrected chi connectivity index (χ4v) is 3.19. The Morgan fingerprint density at radius 2 is 2.00 bits per heavy atom. The lowest BCUT2D eigenvalue weighted by atomic mass is 10.1. The van der Waals surface area contributed by atoms with Gasteiger partial charge in [-0.3, -0.25) is 4.79 Å². The zero-order valence-corrected chi connectivity index (χ0v) is 15.3. The Bertz CT molecular complexity index is 875. The molecule has 1 aliphatic rings. The van der Waals surface area contributed by atoms with Crippen LogP contribution in [0, 0.1) is 0 Å². The Hall–Kier alpha value is -2.64. The zero-order chi connectivity index (χ0) is 17.2. The summed E-state index contributed by atoms with van der Waals surface area (Å²) in [6, 6.07) is 11.5. The fraction of sp³-hybridized carbons (Fsp3) is 0.278. The van der Waals surface area contributed by atoms with Gasteiger partial charge in [0.1, 0.15) is 11.9 Å². The molecule has 1 atom stereocenters. The molecule has 3 heterocycles. The van der Waals surface area contributed by atoms with Crippen molar-refractivity contribution in [1.29, 1.82) is 0 Å². The fourth-order valence-electron chi connectivity index (χ4n) is 3.19. The van der Waals surface area contributed by atoms with Gasteiger partial charge in [-0.05, 0) is 18.2 Å². The topological polar surface area (TPSA) is 68.0 Å². The summed E-state index contributed by atoms with van der Waals surface area (Å²) in [6.45, 7) is 2.09. The summed E-state index contributed by atoms with van der Waals surface area (Å²) >= 11 is 0. The molecule has 136 valence electrons. The molecule has 0 radical (unpaired) electrons. The standard InChI is InChI=1S/C18H20N6O.ClH/c1-22-11-9-20-17(22)16-13-19-8-12-23(16)18(25)15-7-10-24(21-15)14-5-3-2-4-6-14;/h2-7,9-11,16,19H,8,12-13H2,1H3;1H. The Morgan fingerprint density at radius 3 is 2.73 bits per heavy atom. The highest BCUT2D eigenvalue weighted by Gasteiger charge is 2.32. The number of imidazole rings is 1. The Morgan fingerprint density at radius 1 is 1.19 bits per heavy atom. The largest absolute Gasteiger partial charge is 0.336 e. The minimum absolute atomic E-state index is 0. The Kier molecular flexibility index (Phi) is 5.39. The smallest absolute Gasteiger partial charge is 0.275 e. The summed E-state index contributed by atoms with van der Waals surface area (Å²) in [5.74, 6) is 0.812. The van der Waals surface area contributed by atoms with Gasteiger partial charge in [0.15, 0.2) is 5.69 Å². The van der Waals surface area contributed by atoms with E-state index in [1.54, 1.807) is 16.9 Å². The van der Waals surface area contributed by atoms with E-state index in [1.165, 1.54) is 0 Å². The molecule has 1 aliphatic heterocycles. The number of carbonyl (C=O) groups is 1. The van der Waals surface area contributed by atoms with Gasteiger partial charge in [0.25, 0.3) is 5.91 Å². The molecular weight excluding hydrogens is 352 g/mol. The van der Waals surface area contributed by atoms with Crippen LogP contribution in [0.1, 0.15) is 22.4 Å². The lowest BCUT2D eigenvalue weighted by molar-refractivity contribution is 0.0614. The van der Waals surface area contributed by atoms with Crippen LogP contribution in [0.25, 0.3) is 5.69 Å². The SMILES string of the molecule is Cl.Cn1ccnc1C1CNCCN1C(=O)c1ccn(-c2ccccc2)n1. The normalized spacial score (nSPS) is 17.0. The molecule has 1 amide bonds. The van der Waals surface area contributed by atoms with Crippen LogP contribution >= 0.6 is 12.4 Å². The molecule has 0 aliphatic carbocycles. The molecule has 8 heteroatoms. The number of aromatic nitrogens is 4. The summed E-state index contributed by atoms with van der Waals surface area (Å²) in [4.78, 5) is 19.3. The van der Waals surface area contributed by atoms with Crippen LogP contribution in [0.2, 0.25) is 0 Å². The molecule has 1 saturated heterocycles. The third-order valence-electron chi connectivity index (χ3n) is 4.49. The number of aryl methyl sites for hydroxylation is 1. The quantitative estimate of drug-likeness (QED) is 0.761. The minimum Gasteiger partial charge on any atom is -0.336 e. The highest BCUT2D eigenvalue weighted by atomic mass is 35.5. The lowest BCUT2D eigenvalue weighted by Crippen LogP contribution is -2.49. The van der Waals surface area contributed by atoms with Crippen molar-refractivity contribution in [3.8, 4) is 5.69 Å². The number of hydrogen-bond donors (Lipinski definition) is 1. The van der Waals surface area contributed by atoms with E-state index < -0.39 is 0 Å². The number of hydrogen-bond acceptors (Lipinski definition) is 4. The van der Waals surface area contributed by atoms with Crippen LogP contribution in [-0.2, 0) is 7.05 Å². The molecule has 0 saturated carbocycles. The van der Waals surface area contributed by atoms with Gasteiger partial charge >= 0.3 is 0 Å². The predicted molar refractivity (Wildman–Crippen MR) is 101 cm³/mol. The number of benzene rings is 1. The van der Waals surface area contributed by atoms with Gasteiger partial charge < -0.3 is 14.8 Å². The molecule has 0 bridgehead atoms. The highest BCUT2D eigenvalue weighted by molar-refractivity contribution is 5.92. The second-order valence-corrected chi connectivity index (χ2v) is 6.10. The number of rotatable bonds is 3. The summed E-state index contributed by atoms with van der Waals surface area (Å²) in [5.41, 5.74) is 1.38. The van der Waals surface area contributed by atoms with E-state index in [2.05, 4.69) is 15.4 Å². The highest BCUT2D eigenvalue weighted by Crippen LogP contribution is 2.22. The molecule has 4 rings (SSSR count). The van der Waals surface area contributed by atoms with Gasteiger partial charge in [-0.1, -0.05) is 18.2 Å². The molecule has 2 aromatic heterocycles. The summed E-state index contributed by atoms with van der Waals surface area (Å²) in [7, 11) is 1.95. The third-order valence-corrected chi connectivity index (χ3v) is 4.49. The van der Waals surface area contributed by atoms with E-state index in [1.807, 2.05) is 59.2 Å². The third kappa shape index (κ3) is 3.36. The summed E-state index contributed by atoms with van der Waals surface area (Å²) < 4.78 is 3.69. The molecule has 26 heavy (non-hydrogen) atoms. The second-order valence-electron chi connectivity index (χ2n) is 6.10. The van der Waals surface area contributed by atoms with Crippen molar-refractivity contribution in [2.24, 2.45) is 7.05 Å². The molecule has 1 fully saturated rings.